The van der Waals surface area contributed by atoms with E-state index in [-0.39, 0.29) is 11.8 Å². The number of hydrazone groups is 1. The van der Waals surface area contributed by atoms with E-state index in [4.69, 9.17) is 0 Å². The Hall–Kier alpha value is -2.95. The number of carbonyl (C=O) groups excluding carboxylic acids is 2. The minimum absolute atomic E-state index is 0.185. The van der Waals surface area contributed by atoms with Crippen molar-refractivity contribution in [3.8, 4) is 0 Å². The molecule has 136 valence electrons. The highest BCUT2D eigenvalue weighted by Crippen LogP contribution is 2.11. The Kier molecular flexibility index (Phi) is 7.55. The fourth-order valence-corrected chi connectivity index (χ4v) is 2.40. The Morgan fingerprint density at radius 2 is 1.54 bits per heavy atom. The minimum atomic E-state index is -0.263. The molecule has 0 aliphatic rings. The first-order valence-corrected chi connectivity index (χ1v) is 8.90. The summed E-state index contributed by atoms with van der Waals surface area (Å²) in [4.78, 5) is 24.2. The van der Waals surface area contributed by atoms with Gasteiger partial charge in [0.15, 0.2) is 0 Å². The average Bonchev–Trinajstić information content (AvgIpc) is 2.67. The molecule has 0 fully saturated rings. The third kappa shape index (κ3) is 6.16. The third-order valence-electron chi connectivity index (χ3n) is 3.93. The van der Waals surface area contributed by atoms with E-state index in [1.54, 1.807) is 36.4 Å². The number of amides is 2. The van der Waals surface area contributed by atoms with Crippen LogP contribution in [0.25, 0.3) is 0 Å². The SMILES string of the molecule is CCCCC/C(C)=N/NC(=O)c1ccc(NC(=O)c2ccccc2)cc1. The Bertz CT molecular complexity index is 753. The van der Waals surface area contributed by atoms with Crippen molar-refractivity contribution in [1.82, 2.24) is 5.43 Å². The van der Waals surface area contributed by atoms with E-state index in [1.807, 2.05) is 25.1 Å². The van der Waals surface area contributed by atoms with E-state index in [9.17, 15) is 9.59 Å². The Morgan fingerprint density at radius 1 is 0.885 bits per heavy atom. The topological polar surface area (TPSA) is 70.6 Å². The molecule has 0 spiro atoms. The summed E-state index contributed by atoms with van der Waals surface area (Å²) >= 11 is 0. The minimum Gasteiger partial charge on any atom is -0.322 e. The first kappa shape index (κ1) is 19.4. The highest BCUT2D eigenvalue weighted by Gasteiger charge is 2.07. The van der Waals surface area contributed by atoms with Crippen LogP contribution in [0, 0.1) is 0 Å². The first-order chi connectivity index (χ1) is 12.6. The smallest absolute Gasteiger partial charge is 0.271 e. The van der Waals surface area contributed by atoms with Gasteiger partial charge in [-0.25, -0.2) is 5.43 Å². The van der Waals surface area contributed by atoms with Gasteiger partial charge in [-0.15, -0.1) is 0 Å². The molecule has 0 unspecified atom stereocenters. The van der Waals surface area contributed by atoms with E-state index >= 15 is 0 Å². The number of nitrogens with zero attached hydrogens (tertiary/aromatic N) is 1. The molecule has 0 atom stereocenters. The summed E-state index contributed by atoms with van der Waals surface area (Å²) in [6.07, 6.45) is 4.29. The average molecular weight is 351 g/mol. The monoisotopic (exact) mass is 351 g/mol. The summed E-state index contributed by atoms with van der Waals surface area (Å²) in [5, 5.41) is 6.94. The van der Waals surface area contributed by atoms with E-state index in [2.05, 4.69) is 22.8 Å². The summed E-state index contributed by atoms with van der Waals surface area (Å²) in [7, 11) is 0. The van der Waals surface area contributed by atoms with Crippen LogP contribution in [-0.2, 0) is 0 Å². The van der Waals surface area contributed by atoms with Crippen LogP contribution >= 0.6 is 0 Å². The predicted octanol–water partition coefficient (Wildman–Crippen LogP) is 4.62. The summed E-state index contributed by atoms with van der Waals surface area (Å²) in [5.74, 6) is -0.448. The number of nitrogens with one attached hydrogen (secondary N) is 2. The lowest BCUT2D eigenvalue weighted by molar-refractivity contribution is 0.0954. The number of rotatable bonds is 8. The molecule has 2 amide bonds. The Balaban J connectivity index is 1.89. The second kappa shape index (κ2) is 10.1. The van der Waals surface area contributed by atoms with Crippen molar-refractivity contribution in [2.75, 3.05) is 5.32 Å². The molecule has 2 rings (SSSR count). The Labute approximate surface area is 154 Å². The normalized spacial score (nSPS) is 11.1. The van der Waals surface area contributed by atoms with Gasteiger partial charge < -0.3 is 5.32 Å². The van der Waals surface area contributed by atoms with Crippen molar-refractivity contribution >= 4 is 23.2 Å². The fourth-order valence-electron chi connectivity index (χ4n) is 2.40. The van der Waals surface area contributed by atoms with Crippen LogP contribution in [0.4, 0.5) is 5.69 Å². The van der Waals surface area contributed by atoms with Gasteiger partial charge >= 0.3 is 0 Å². The van der Waals surface area contributed by atoms with Crippen LogP contribution in [0.3, 0.4) is 0 Å². The zero-order valence-electron chi connectivity index (χ0n) is 15.3. The van der Waals surface area contributed by atoms with Crippen LogP contribution in [0.15, 0.2) is 59.7 Å². The van der Waals surface area contributed by atoms with Gasteiger partial charge in [0.05, 0.1) is 0 Å². The lowest BCUT2D eigenvalue weighted by Gasteiger charge is -2.06. The molecule has 26 heavy (non-hydrogen) atoms. The molecular formula is C21H25N3O2. The lowest BCUT2D eigenvalue weighted by atomic mass is 10.1. The van der Waals surface area contributed by atoms with Crippen molar-refractivity contribution < 1.29 is 9.59 Å². The van der Waals surface area contributed by atoms with Gasteiger partial charge in [0, 0.05) is 22.5 Å². The van der Waals surface area contributed by atoms with E-state index in [0.717, 1.165) is 31.4 Å². The molecule has 5 heteroatoms. The van der Waals surface area contributed by atoms with Gasteiger partial charge in [-0.3, -0.25) is 9.59 Å². The van der Waals surface area contributed by atoms with E-state index < -0.39 is 0 Å². The van der Waals surface area contributed by atoms with Crippen molar-refractivity contribution in [2.45, 2.75) is 39.5 Å². The summed E-state index contributed by atoms with van der Waals surface area (Å²) in [6, 6.07) is 15.7. The van der Waals surface area contributed by atoms with Crippen molar-refractivity contribution in [3.05, 3.63) is 65.7 Å². The van der Waals surface area contributed by atoms with Crippen molar-refractivity contribution in [2.24, 2.45) is 5.10 Å². The molecule has 0 aromatic heterocycles. The molecule has 5 nitrogen and oxygen atoms in total. The number of hydrogen-bond acceptors (Lipinski definition) is 3. The van der Waals surface area contributed by atoms with Gasteiger partial charge in [-0.2, -0.15) is 5.10 Å². The van der Waals surface area contributed by atoms with E-state index in [0.29, 0.717) is 16.8 Å². The van der Waals surface area contributed by atoms with Crippen LogP contribution < -0.4 is 10.7 Å². The molecule has 0 saturated carbocycles. The van der Waals surface area contributed by atoms with E-state index in [1.165, 1.54) is 0 Å². The maximum Gasteiger partial charge on any atom is 0.271 e. The summed E-state index contributed by atoms with van der Waals surface area (Å²) in [6.45, 7) is 4.07. The molecule has 0 aliphatic carbocycles. The summed E-state index contributed by atoms with van der Waals surface area (Å²) < 4.78 is 0. The second-order valence-electron chi connectivity index (χ2n) is 6.14. The van der Waals surface area contributed by atoms with Gasteiger partial charge in [0.25, 0.3) is 11.8 Å². The van der Waals surface area contributed by atoms with Crippen molar-refractivity contribution in [1.29, 1.82) is 0 Å². The maximum absolute atomic E-state index is 12.1. The van der Waals surface area contributed by atoms with Gasteiger partial charge in [-0.05, 0) is 56.2 Å². The molecule has 0 radical (unpaired) electrons. The van der Waals surface area contributed by atoms with Gasteiger partial charge in [0.2, 0.25) is 0 Å². The lowest BCUT2D eigenvalue weighted by Crippen LogP contribution is -2.19. The van der Waals surface area contributed by atoms with Gasteiger partial charge in [0.1, 0.15) is 0 Å². The predicted molar refractivity (Wildman–Crippen MR) is 106 cm³/mol. The Morgan fingerprint density at radius 3 is 2.19 bits per heavy atom. The highest BCUT2D eigenvalue weighted by molar-refractivity contribution is 6.04. The number of anilines is 1. The number of benzene rings is 2. The van der Waals surface area contributed by atoms with Crippen molar-refractivity contribution in [3.63, 3.8) is 0 Å². The number of carbonyl (C=O) groups is 2. The largest absolute Gasteiger partial charge is 0.322 e. The number of unbranched alkanes of at least 4 members (excludes halogenated alkanes) is 2. The zero-order valence-corrected chi connectivity index (χ0v) is 15.3. The molecule has 0 bridgehead atoms. The molecular weight excluding hydrogens is 326 g/mol. The third-order valence-corrected chi connectivity index (χ3v) is 3.93. The first-order valence-electron chi connectivity index (χ1n) is 8.90. The zero-order chi connectivity index (χ0) is 18.8. The van der Waals surface area contributed by atoms with Crippen LogP contribution in [0.1, 0.15) is 60.2 Å². The summed E-state index contributed by atoms with van der Waals surface area (Å²) in [5.41, 5.74) is 5.20. The molecule has 2 N–H and O–H groups in total. The van der Waals surface area contributed by atoms with Crippen LogP contribution in [-0.4, -0.2) is 17.5 Å². The van der Waals surface area contributed by atoms with Crippen LogP contribution in [0.5, 0.6) is 0 Å². The fraction of sp³-hybridized carbons (Fsp3) is 0.286. The molecule has 2 aromatic carbocycles. The standard InChI is InChI=1S/C21H25N3O2/c1-3-4-6-9-16(2)23-24-21(26)18-12-14-19(15-13-18)22-20(25)17-10-7-5-8-11-17/h5,7-8,10-15H,3-4,6,9H2,1-2H3,(H,22,25)(H,24,26)/b23-16+. The van der Waals surface area contributed by atoms with Gasteiger partial charge in [-0.1, -0.05) is 38.0 Å². The van der Waals surface area contributed by atoms with Crippen LogP contribution in [0.2, 0.25) is 0 Å². The maximum atomic E-state index is 12.1. The molecule has 0 saturated heterocycles. The molecule has 0 aliphatic heterocycles. The molecule has 2 aromatic rings. The number of hydrogen-bond donors (Lipinski definition) is 2. The highest BCUT2D eigenvalue weighted by atomic mass is 16.2. The second-order valence-corrected chi connectivity index (χ2v) is 6.14. The molecule has 0 heterocycles. The quantitative estimate of drug-likeness (QED) is 0.414.